The highest BCUT2D eigenvalue weighted by atomic mass is 127. The van der Waals surface area contributed by atoms with E-state index in [2.05, 4.69) is 5.10 Å². The van der Waals surface area contributed by atoms with E-state index in [0.717, 1.165) is 4.68 Å². The largest absolute Gasteiger partial charge is 0.358 e. The predicted molar refractivity (Wildman–Crippen MR) is 47.6 cm³/mol. The molecule has 0 amide bonds. The van der Waals surface area contributed by atoms with E-state index in [1.165, 1.54) is 6.07 Å². The molecule has 1 heterocycles. The summed E-state index contributed by atoms with van der Waals surface area (Å²) in [5.74, 6) is -0.169. The van der Waals surface area contributed by atoms with Gasteiger partial charge in [0, 0.05) is 0 Å². The smallest absolute Gasteiger partial charge is 0.346 e. The molecule has 0 aliphatic carbocycles. The SMILES string of the molecule is O=[N+]([O-])c1cc(I)nn1CCF. The number of alkyl halides is 1. The van der Waals surface area contributed by atoms with Gasteiger partial charge in [0.2, 0.25) is 0 Å². The Kier molecular flexibility index (Phi) is 2.95. The van der Waals surface area contributed by atoms with Gasteiger partial charge in [-0.2, -0.15) is 0 Å². The molecule has 1 aromatic heterocycles. The van der Waals surface area contributed by atoms with Crippen molar-refractivity contribution in [2.75, 3.05) is 6.67 Å². The van der Waals surface area contributed by atoms with Crippen LogP contribution in [0.3, 0.4) is 0 Å². The number of nitrogens with zero attached hydrogens (tertiary/aromatic N) is 3. The van der Waals surface area contributed by atoms with Crippen molar-refractivity contribution in [2.45, 2.75) is 6.54 Å². The molecule has 0 spiro atoms. The van der Waals surface area contributed by atoms with Crippen LogP contribution in [0, 0.1) is 13.8 Å². The van der Waals surface area contributed by atoms with Crippen molar-refractivity contribution < 1.29 is 9.31 Å². The molecule has 0 radical (unpaired) electrons. The van der Waals surface area contributed by atoms with Crippen molar-refractivity contribution in [1.82, 2.24) is 9.78 Å². The highest BCUT2D eigenvalue weighted by molar-refractivity contribution is 14.1. The molecular formula is C5H5FIN3O2. The summed E-state index contributed by atoms with van der Waals surface area (Å²) in [6.07, 6.45) is 0. The third-order valence-electron chi connectivity index (χ3n) is 1.21. The molecule has 1 rings (SSSR count). The molecule has 0 atom stereocenters. The second-order valence-corrected chi connectivity index (χ2v) is 3.10. The number of aromatic nitrogens is 2. The Hall–Kier alpha value is -0.730. The van der Waals surface area contributed by atoms with E-state index in [4.69, 9.17) is 0 Å². The van der Waals surface area contributed by atoms with E-state index >= 15 is 0 Å². The zero-order chi connectivity index (χ0) is 9.14. The predicted octanol–water partition coefficient (Wildman–Crippen LogP) is 1.37. The minimum atomic E-state index is -0.654. The van der Waals surface area contributed by atoms with Crippen molar-refractivity contribution >= 4 is 28.4 Å². The molecule has 0 saturated carbocycles. The van der Waals surface area contributed by atoms with E-state index in [1.807, 2.05) is 22.6 Å². The quantitative estimate of drug-likeness (QED) is 0.478. The van der Waals surface area contributed by atoms with Crippen LogP contribution in [0.15, 0.2) is 6.07 Å². The average molecular weight is 285 g/mol. The van der Waals surface area contributed by atoms with Gasteiger partial charge in [-0.05, 0) is 27.5 Å². The van der Waals surface area contributed by atoms with Crippen molar-refractivity contribution in [2.24, 2.45) is 0 Å². The van der Waals surface area contributed by atoms with Gasteiger partial charge in [0.25, 0.3) is 0 Å². The van der Waals surface area contributed by atoms with Crippen LogP contribution >= 0.6 is 22.6 Å². The first kappa shape index (κ1) is 9.36. The molecule has 0 fully saturated rings. The second-order valence-electron chi connectivity index (χ2n) is 1.99. The van der Waals surface area contributed by atoms with Crippen molar-refractivity contribution in [3.05, 3.63) is 19.9 Å². The van der Waals surface area contributed by atoms with Crippen LogP contribution in [0.2, 0.25) is 0 Å². The lowest BCUT2D eigenvalue weighted by atomic mass is 10.6. The summed E-state index contributed by atoms with van der Waals surface area (Å²) < 4.78 is 13.4. The Morgan fingerprint density at radius 3 is 3.00 bits per heavy atom. The molecule has 0 saturated heterocycles. The maximum atomic E-state index is 11.8. The van der Waals surface area contributed by atoms with E-state index in [1.54, 1.807) is 0 Å². The van der Waals surface area contributed by atoms with Gasteiger partial charge in [-0.25, -0.2) is 4.39 Å². The van der Waals surface area contributed by atoms with Crippen molar-refractivity contribution in [3.63, 3.8) is 0 Å². The second kappa shape index (κ2) is 3.78. The summed E-state index contributed by atoms with van der Waals surface area (Å²) >= 11 is 1.84. The molecule has 12 heavy (non-hydrogen) atoms. The summed E-state index contributed by atoms with van der Waals surface area (Å²) in [5, 5.41) is 14.1. The van der Waals surface area contributed by atoms with Gasteiger partial charge in [-0.15, -0.1) is 4.68 Å². The third-order valence-corrected chi connectivity index (χ3v) is 1.74. The summed E-state index contributed by atoms with van der Waals surface area (Å²) in [6, 6.07) is 1.30. The zero-order valence-corrected chi connectivity index (χ0v) is 8.06. The summed E-state index contributed by atoms with van der Waals surface area (Å²) in [4.78, 5) is 9.75. The fraction of sp³-hybridized carbons (Fsp3) is 0.400. The van der Waals surface area contributed by atoms with Gasteiger partial charge in [-0.3, -0.25) is 0 Å². The van der Waals surface area contributed by atoms with Crippen LogP contribution < -0.4 is 0 Å². The monoisotopic (exact) mass is 285 g/mol. The summed E-state index contributed by atoms with van der Waals surface area (Å²) in [6.45, 7) is -0.724. The van der Waals surface area contributed by atoms with E-state index in [0.29, 0.717) is 3.70 Å². The number of nitro groups is 1. The van der Waals surface area contributed by atoms with E-state index in [-0.39, 0.29) is 12.4 Å². The fourth-order valence-electron chi connectivity index (χ4n) is 0.768. The lowest BCUT2D eigenvalue weighted by molar-refractivity contribution is -0.392. The molecule has 7 heteroatoms. The number of hydrogen-bond acceptors (Lipinski definition) is 3. The number of aryl methyl sites for hydroxylation is 1. The normalized spacial score (nSPS) is 10.2. The Balaban J connectivity index is 2.99. The maximum Gasteiger partial charge on any atom is 0.346 e. The fourth-order valence-corrected chi connectivity index (χ4v) is 1.31. The molecule has 0 bridgehead atoms. The first-order chi connectivity index (χ1) is 5.65. The molecule has 5 nitrogen and oxygen atoms in total. The van der Waals surface area contributed by atoms with E-state index in [9.17, 15) is 14.5 Å². The van der Waals surface area contributed by atoms with Crippen LogP contribution in [0.25, 0.3) is 0 Å². The Morgan fingerprint density at radius 1 is 1.83 bits per heavy atom. The van der Waals surface area contributed by atoms with Crippen molar-refractivity contribution in [1.29, 1.82) is 0 Å². The van der Waals surface area contributed by atoms with Gasteiger partial charge in [0.05, 0.1) is 6.07 Å². The van der Waals surface area contributed by atoms with Crippen LogP contribution in [0.1, 0.15) is 0 Å². The number of halogens is 2. The zero-order valence-electron chi connectivity index (χ0n) is 5.91. The summed E-state index contributed by atoms with van der Waals surface area (Å²) in [5.41, 5.74) is 0. The third kappa shape index (κ3) is 1.90. The standard InChI is InChI=1S/C5H5FIN3O2/c6-1-2-9-5(10(11)12)3-4(7)8-9/h3H,1-2H2. The van der Waals surface area contributed by atoms with E-state index < -0.39 is 11.6 Å². The Labute approximate surface area is 80.8 Å². The molecule has 0 N–H and O–H groups in total. The first-order valence-electron chi connectivity index (χ1n) is 3.09. The van der Waals surface area contributed by atoms with Crippen LogP contribution in [-0.4, -0.2) is 21.4 Å². The minimum absolute atomic E-state index is 0.0701. The van der Waals surface area contributed by atoms with Gasteiger partial charge < -0.3 is 10.1 Å². The Bertz CT molecular complexity index is 301. The number of hydrogen-bond donors (Lipinski definition) is 0. The molecule has 1 aromatic rings. The molecule has 0 aromatic carbocycles. The average Bonchev–Trinajstić information content (AvgIpc) is 2.32. The maximum absolute atomic E-state index is 11.8. The highest BCUT2D eigenvalue weighted by Gasteiger charge is 2.16. The molecule has 0 aliphatic rings. The molecule has 66 valence electrons. The molecule has 0 aliphatic heterocycles. The van der Waals surface area contributed by atoms with Crippen molar-refractivity contribution in [3.8, 4) is 0 Å². The molecular weight excluding hydrogens is 280 g/mol. The minimum Gasteiger partial charge on any atom is -0.358 e. The van der Waals surface area contributed by atoms with Crippen LogP contribution in [0.4, 0.5) is 10.2 Å². The lowest BCUT2D eigenvalue weighted by Gasteiger charge is -1.94. The summed E-state index contributed by atoms with van der Waals surface area (Å²) in [7, 11) is 0. The van der Waals surface area contributed by atoms with Gasteiger partial charge >= 0.3 is 5.82 Å². The van der Waals surface area contributed by atoms with Gasteiger partial charge in [-0.1, -0.05) is 5.10 Å². The van der Waals surface area contributed by atoms with Gasteiger partial charge in [0.15, 0.2) is 3.70 Å². The number of rotatable bonds is 3. The Morgan fingerprint density at radius 2 is 2.50 bits per heavy atom. The van der Waals surface area contributed by atoms with Crippen LogP contribution in [-0.2, 0) is 6.54 Å². The molecule has 0 unspecified atom stereocenters. The van der Waals surface area contributed by atoms with Gasteiger partial charge in [0.1, 0.15) is 13.2 Å². The first-order valence-corrected chi connectivity index (χ1v) is 4.16. The highest BCUT2D eigenvalue weighted by Crippen LogP contribution is 2.14. The lowest BCUT2D eigenvalue weighted by Crippen LogP contribution is -2.05. The topological polar surface area (TPSA) is 61.0 Å². The van der Waals surface area contributed by atoms with Crippen LogP contribution in [0.5, 0.6) is 0 Å².